The van der Waals surface area contributed by atoms with E-state index >= 15 is 0 Å². The van der Waals surface area contributed by atoms with Crippen molar-refractivity contribution in [3.05, 3.63) is 84.0 Å². The third-order valence-electron chi connectivity index (χ3n) is 5.38. The molecule has 1 saturated heterocycles. The van der Waals surface area contributed by atoms with Crippen molar-refractivity contribution in [1.82, 2.24) is 25.3 Å². The molecule has 0 aliphatic carbocycles. The molecule has 2 heterocycles. The molecular formula is C24H22ClN5O3S. The lowest BCUT2D eigenvalue weighted by molar-refractivity contribution is -0.138. The third-order valence-corrected chi connectivity index (χ3v) is 6.62. The molecule has 3 aromatic rings. The molecule has 0 unspecified atom stereocenters. The number of imidazole rings is 1. The number of imide groups is 1. The molecule has 34 heavy (non-hydrogen) atoms. The molecule has 10 heteroatoms. The fraction of sp³-hybridized carbons (Fsp3) is 0.167. The summed E-state index contributed by atoms with van der Waals surface area (Å²) in [4.78, 5) is 42.4. The number of nitrogens with one attached hydrogen (secondary N) is 2. The van der Waals surface area contributed by atoms with Crippen molar-refractivity contribution in [1.29, 1.82) is 0 Å². The summed E-state index contributed by atoms with van der Waals surface area (Å²) in [5.74, 6) is -1.11. The normalized spacial score (nSPS) is 17.5. The van der Waals surface area contributed by atoms with E-state index in [-0.39, 0.29) is 5.75 Å². The zero-order valence-corrected chi connectivity index (χ0v) is 19.9. The van der Waals surface area contributed by atoms with Gasteiger partial charge in [-0.3, -0.25) is 15.0 Å². The van der Waals surface area contributed by atoms with Gasteiger partial charge in [-0.25, -0.2) is 9.78 Å². The molecule has 2 aromatic carbocycles. The summed E-state index contributed by atoms with van der Waals surface area (Å²) >= 11 is 7.18. The summed E-state index contributed by atoms with van der Waals surface area (Å²) in [6, 6.07) is 15.6. The molecule has 8 nitrogen and oxygen atoms in total. The lowest BCUT2D eigenvalue weighted by atomic mass is 9.92. The highest BCUT2D eigenvalue weighted by atomic mass is 35.5. The number of allylic oxidation sites excluding steroid dienone is 1. The molecule has 4 rings (SSSR count). The highest BCUT2D eigenvalue weighted by Crippen LogP contribution is 2.29. The molecule has 1 atom stereocenters. The Labute approximate surface area is 206 Å². The third kappa shape index (κ3) is 4.57. The van der Waals surface area contributed by atoms with Gasteiger partial charge in [0.1, 0.15) is 5.54 Å². The fourth-order valence-corrected chi connectivity index (χ4v) is 4.53. The van der Waals surface area contributed by atoms with Gasteiger partial charge in [0.15, 0.2) is 5.16 Å². The number of carbonyl (C=O) groups is 3. The molecule has 0 bridgehead atoms. The first-order valence-corrected chi connectivity index (χ1v) is 11.8. The highest BCUT2D eigenvalue weighted by molar-refractivity contribution is 7.99. The van der Waals surface area contributed by atoms with Gasteiger partial charge in [-0.05, 0) is 30.2 Å². The molecule has 0 spiro atoms. The molecule has 174 valence electrons. The summed E-state index contributed by atoms with van der Waals surface area (Å²) in [7, 11) is 0. The Morgan fingerprint density at radius 3 is 2.59 bits per heavy atom. The summed E-state index contributed by atoms with van der Waals surface area (Å²) in [6.45, 7) is 5.89. The van der Waals surface area contributed by atoms with Crippen LogP contribution in [-0.2, 0) is 21.7 Å². The Balaban J connectivity index is 1.44. The number of aromatic nitrogens is 2. The second kappa shape index (κ2) is 9.74. The van der Waals surface area contributed by atoms with Crippen LogP contribution >= 0.6 is 23.4 Å². The summed E-state index contributed by atoms with van der Waals surface area (Å²) in [5, 5.41) is 4.62. The zero-order chi connectivity index (χ0) is 24.3. The second-order valence-electron chi connectivity index (χ2n) is 7.72. The van der Waals surface area contributed by atoms with E-state index in [2.05, 4.69) is 22.3 Å². The minimum Gasteiger partial charge on any atom is -0.318 e. The van der Waals surface area contributed by atoms with E-state index in [9.17, 15) is 14.4 Å². The van der Waals surface area contributed by atoms with Crippen LogP contribution in [0.15, 0.2) is 78.6 Å². The Hall–Kier alpha value is -3.56. The minimum absolute atomic E-state index is 0.0483. The van der Waals surface area contributed by atoms with Gasteiger partial charge in [-0.1, -0.05) is 71.9 Å². The van der Waals surface area contributed by atoms with Crippen molar-refractivity contribution in [2.24, 2.45) is 0 Å². The van der Waals surface area contributed by atoms with Crippen molar-refractivity contribution in [2.75, 3.05) is 5.75 Å². The second-order valence-corrected chi connectivity index (χ2v) is 9.10. The number of benzene rings is 2. The van der Waals surface area contributed by atoms with Gasteiger partial charge in [0.25, 0.3) is 5.91 Å². The number of hydrazine groups is 1. The van der Waals surface area contributed by atoms with Gasteiger partial charge >= 0.3 is 6.03 Å². The molecule has 1 aromatic heterocycles. The largest absolute Gasteiger partial charge is 0.344 e. The molecule has 0 radical (unpaired) electrons. The number of amides is 4. The number of carbonyl (C=O) groups excluding carboxylic acids is 3. The van der Waals surface area contributed by atoms with Crippen molar-refractivity contribution in [3.8, 4) is 11.3 Å². The highest BCUT2D eigenvalue weighted by Gasteiger charge is 2.49. The monoisotopic (exact) mass is 495 g/mol. The number of nitrogens with zero attached hydrogens (tertiary/aromatic N) is 3. The lowest BCUT2D eigenvalue weighted by Gasteiger charge is -2.22. The van der Waals surface area contributed by atoms with Crippen LogP contribution in [0.5, 0.6) is 0 Å². The molecule has 1 aliphatic heterocycles. The van der Waals surface area contributed by atoms with E-state index in [1.165, 1.54) is 11.8 Å². The van der Waals surface area contributed by atoms with Gasteiger partial charge in [-0.2, -0.15) is 5.01 Å². The number of rotatable bonds is 8. The smallest absolute Gasteiger partial charge is 0.318 e. The molecule has 1 aliphatic rings. The van der Waals surface area contributed by atoms with Crippen LogP contribution in [0.25, 0.3) is 11.3 Å². The maximum atomic E-state index is 13.0. The lowest BCUT2D eigenvalue weighted by Crippen LogP contribution is -2.48. The SMILES string of the molecule is C=CCn1c(-c2ccc(Cl)cc2)cnc1SCC(=O)NN1C(=O)N[C@](C)(c2ccccc2)C1=O. The average molecular weight is 496 g/mol. The van der Waals surface area contributed by atoms with Gasteiger partial charge in [-0.15, -0.1) is 6.58 Å². The van der Waals surface area contributed by atoms with Crippen molar-refractivity contribution in [2.45, 2.75) is 24.2 Å². The van der Waals surface area contributed by atoms with Crippen LogP contribution in [0.1, 0.15) is 12.5 Å². The number of hydrogen-bond donors (Lipinski definition) is 2. The molecular weight excluding hydrogens is 474 g/mol. The Morgan fingerprint density at radius 1 is 1.21 bits per heavy atom. The van der Waals surface area contributed by atoms with Gasteiger partial charge < -0.3 is 9.88 Å². The molecule has 0 saturated carbocycles. The van der Waals surface area contributed by atoms with Crippen LogP contribution < -0.4 is 10.7 Å². The topological polar surface area (TPSA) is 96.3 Å². The van der Waals surface area contributed by atoms with E-state index in [4.69, 9.17) is 11.6 Å². The summed E-state index contributed by atoms with van der Waals surface area (Å²) in [5.41, 5.74) is 3.56. The van der Waals surface area contributed by atoms with Crippen molar-refractivity contribution < 1.29 is 14.4 Å². The molecule has 4 amide bonds. The Kier molecular flexibility index (Phi) is 6.76. The minimum atomic E-state index is -1.26. The maximum absolute atomic E-state index is 13.0. The van der Waals surface area contributed by atoms with Crippen LogP contribution in [0.3, 0.4) is 0 Å². The quantitative estimate of drug-likeness (QED) is 0.280. The van der Waals surface area contributed by atoms with Crippen LogP contribution in [0.4, 0.5) is 4.79 Å². The first-order chi connectivity index (χ1) is 16.3. The predicted molar refractivity (Wildman–Crippen MR) is 131 cm³/mol. The zero-order valence-electron chi connectivity index (χ0n) is 18.3. The molecule has 1 fully saturated rings. The number of urea groups is 1. The standard InChI is InChI=1S/C24H22ClN5O3S/c1-3-13-29-19(16-9-11-18(25)12-10-16)14-26-23(29)34-15-20(31)28-30-21(32)24(2,27-22(30)33)17-7-5-4-6-8-17/h3-12,14H,1,13,15H2,2H3,(H,27,33)(H,28,31)/t24-/m1/s1. The van der Waals surface area contributed by atoms with E-state index in [0.717, 1.165) is 16.3 Å². The van der Waals surface area contributed by atoms with Crippen LogP contribution in [-0.4, -0.2) is 38.2 Å². The van der Waals surface area contributed by atoms with Crippen molar-refractivity contribution in [3.63, 3.8) is 0 Å². The van der Waals surface area contributed by atoms with E-state index in [0.29, 0.717) is 22.3 Å². The van der Waals surface area contributed by atoms with Gasteiger partial charge in [0, 0.05) is 11.6 Å². The summed E-state index contributed by atoms with van der Waals surface area (Å²) in [6.07, 6.45) is 3.46. The first-order valence-electron chi connectivity index (χ1n) is 10.4. The van der Waals surface area contributed by atoms with Gasteiger partial charge in [0.2, 0.25) is 5.91 Å². The number of halogens is 1. The molecule has 2 N–H and O–H groups in total. The predicted octanol–water partition coefficient (Wildman–Crippen LogP) is 3.98. The van der Waals surface area contributed by atoms with Gasteiger partial charge in [0.05, 0.1) is 17.6 Å². The number of hydrogen-bond acceptors (Lipinski definition) is 5. The van der Waals surface area contributed by atoms with E-state index in [1.807, 2.05) is 22.8 Å². The van der Waals surface area contributed by atoms with E-state index < -0.39 is 23.4 Å². The maximum Gasteiger partial charge on any atom is 0.344 e. The Bertz CT molecular complexity index is 1250. The summed E-state index contributed by atoms with van der Waals surface area (Å²) < 4.78 is 1.92. The Morgan fingerprint density at radius 2 is 1.91 bits per heavy atom. The first kappa shape index (κ1) is 23.6. The number of thioether (sulfide) groups is 1. The van der Waals surface area contributed by atoms with Crippen molar-refractivity contribution >= 4 is 41.2 Å². The van der Waals surface area contributed by atoms with E-state index in [1.54, 1.807) is 55.6 Å². The fourth-order valence-electron chi connectivity index (χ4n) is 3.63. The van der Waals surface area contributed by atoms with Crippen LogP contribution in [0, 0.1) is 0 Å². The van der Waals surface area contributed by atoms with Crippen LogP contribution in [0.2, 0.25) is 5.02 Å². The average Bonchev–Trinajstić information content (AvgIpc) is 3.33.